The van der Waals surface area contributed by atoms with E-state index in [0.717, 1.165) is 0 Å². The number of hydrazine groups is 1. The van der Waals surface area contributed by atoms with Gasteiger partial charge in [-0.05, 0) is 6.92 Å². The smallest absolute Gasteiger partial charge is 0.286 e. The van der Waals surface area contributed by atoms with Crippen molar-refractivity contribution in [2.24, 2.45) is 4.99 Å². The van der Waals surface area contributed by atoms with Gasteiger partial charge in [0.05, 0.1) is 0 Å². The van der Waals surface area contributed by atoms with Crippen LogP contribution < -0.4 is 10.9 Å². The minimum atomic E-state index is -1.18. The first-order valence-corrected chi connectivity index (χ1v) is 3.12. The summed E-state index contributed by atoms with van der Waals surface area (Å²) in [5.74, 6) is -1.24. The first kappa shape index (κ1) is 8.90. The highest BCUT2D eigenvalue weighted by Crippen LogP contribution is 2.07. The molecule has 0 bridgehead atoms. The Hall–Kier alpha value is -2.19. The molecule has 1 aliphatic heterocycles. The number of hydrogen-bond acceptors (Lipinski definition) is 7. The number of aliphatic imine (C=N–C) groups is 1. The second kappa shape index (κ2) is 3.05. The first-order valence-electron chi connectivity index (χ1n) is 3.12. The molecule has 0 fully saturated rings. The normalized spacial score (nSPS) is 14.2. The number of nitrogens with one attached hydrogen (secondary N) is 2. The van der Waals surface area contributed by atoms with Crippen molar-refractivity contribution in [3.05, 3.63) is 31.9 Å². The van der Waals surface area contributed by atoms with Gasteiger partial charge in [-0.1, -0.05) is 0 Å². The average Bonchev–Trinajstić information content (AvgIpc) is 2.34. The van der Waals surface area contributed by atoms with Crippen LogP contribution >= 0.6 is 0 Å². The van der Waals surface area contributed by atoms with Gasteiger partial charge in [0, 0.05) is 0 Å². The molecule has 1 rings (SSSR count). The standard InChI is InChI=1S/C4H5N5O4/c1-2-5-3(7-6-2)4(8(10)11)9(12)13/h7H,1H3,(H,5,6). The van der Waals surface area contributed by atoms with Crippen molar-refractivity contribution in [2.75, 3.05) is 0 Å². The lowest BCUT2D eigenvalue weighted by atomic mass is 10.6. The molecular weight excluding hydrogens is 182 g/mol. The number of rotatable bonds is 2. The van der Waals surface area contributed by atoms with Gasteiger partial charge in [0.2, 0.25) is 0 Å². The van der Waals surface area contributed by atoms with Gasteiger partial charge < -0.3 is 0 Å². The van der Waals surface area contributed by atoms with E-state index >= 15 is 0 Å². The molecule has 0 aliphatic carbocycles. The summed E-state index contributed by atoms with van der Waals surface area (Å²) in [4.78, 5) is 21.7. The van der Waals surface area contributed by atoms with E-state index in [0.29, 0.717) is 5.84 Å². The Kier molecular flexibility index (Phi) is 2.09. The van der Waals surface area contributed by atoms with Gasteiger partial charge in [-0.15, -0.1) is 0 Å². The number of nitrogens with zero attached hydrogens (tertiary/aromatic N) is 3. The molecule has 0 atom stereocenters. The highest BCUT2D eigenvalue weighted by Gasteiger charge is 2.34. The number of amidine groups is 1. The van der Waals surface area contributed by atoms with Crippen LogP contribution in [0.1, 0.15) is 6.92 Å². The van der Waals surface area contributed by atoms with Crippen LogP contribution in [0.4, 0.5) is 0 Å². The van der Waals surface area contributed by atoms with Crippen molar-refractivity contribution in [3.8, 4) is 0 Å². The maximum atomic E-state index is 10.2. The molecule has 0 aromatic heterocycles. The Labute approximate surface area is 71.4 Å². The van der Waals surface area contributed by atoms with Gasteiger partial charge >= 0.3 is 11.6 Å². The molecule has 0 unspecified atom stereocenters. The quantitative estimate of drug-likeness (QED) is 0.430. The third-order valence-corrected chi connectivity index (χ3v) is 1.20. The molecule has 0 saturated carbocycles. The SMILES string of the molecule is CC1=NC(=C([N+](=O)[O-])[N+](=O)[O-])NN1. The minimum Gasteiger partial charge on any atom is -0.286 e. The van der Waals surface area contributed by atoms with Gasteiger partial charge in [-0.3, -0.25) is 31.1 Å². The Morgan fingerprint density at radius 3 is 2.15 bits per heavy atom. The molecule has 2 N–H and O–H groups in total. The molecule has 13 heavy (non-hydrogen) atoms. The van der Waals surface area contributed by atoms with Gasteiger partial charge in [-0.25, -0.2) is 4.99 Å². The summed E-state index contributed by atoms with van der Waals surface area (Å²) < 4.78 is 0. The molecule has 0 radical (unpaired) electrons. The van der Waals surface area contributed by atoms with Crippen molar-refractivity contribution < 1.29 is 9.85 Å². The molecule has 1 heterocycles. The molecule has 1 aliphatic rings. The van der Waals surface area contributed by atoms with Crippen LogP contribution in [0, 0.1) is 20.2 Å². The van der Waals surface area contributed by atoms with Crippen LogP contribution in [-0.2, 0) is 0 Å². The van der Waals surface area contributed by atoms with Crippen LogP contribution in [0.15, 0.2) is 16.6 Å². The fourth-order valence-corrected chi connectivity index (χ4v) is 0.719. The molecule has 0 spiro atoms. The third kappa shape index (κ3) is 1.69. The zero-order valence-corrected chi connectivity index (χ0v) is 6.47. The lowest BCUT2D eigenvalue weighted by Crippen LogP contribution is -2.29. The van der Waals surface area contributed by atoms with Gasteiger partial charge in [0.1, 0.15) is 15.7 Å². The highest BCUT2D eigenvalue weighted by atomic mass is 16.7. The predicted octanol–water partition coefficient (Wildman–Crippen LogP) is -0.807. The fourth-order valence-electron chi connectivity index (χ4n) is 0.719. The lowest BCUT2D eigenvalue weighted by molar-refractivity contribution is -0.617. The fraction of sp³-hybridized carbons (Fsp3) is 0.250. The average molecular weight is 187 g/mol. The summed E-state index contributed by atoms with van der Waals surface area (Å²) in [6.45, 7) is 1.51. The van der Waals surface area contributed by atoms with E-state index in [-0.39, 0.29) is 0 Å². The largest absolute Gasteiger partial charge is 0.603 e. The third-order valence-electron chi connectivity index (χ3n) is 1.20. The Bertz CT molecular complexity index is 315. The van der Waals surface area contributed by atoms with Gasteiger partial charge in [0.25, 0.3) is 0 Å². The molecule has 70 valence electrons. The maximum absolute atomic E-state index is 10.2. The van der Waals surface area contributed by atoms with Crippen molar-refractivity contribution in [1.82, 2.24) is 10.9 Å². The van der Waals surface area contributed by atoms with E-state index in [1.54, 1.807) is 0 Å². The van der Waals surface area contributed by atoms with Crippen molar-refractivity contribution >= 4 is 5.84 Å². The van der Waals surface area contributed by atoms with Crippen LogP contribution in [0.25, 0.3) is 0 Å². The highest BCUT2D eigenvalue weighted by molar-refractivity contribution is 5.81. The minimum absolute atomic E-state index is 0.330. The number of nitro groups is 2. The topological polar surface area (TPSA) is 123 Å². The van der Waals surface area contributed by atoms with E-state index in [9.17, 15) is 20.2 Å². The molecule has 9 nitrogen and oxygen atoms in total. The maximum Gasteiger partial charge on any atom is 0.603 e. The van der Waals surface area contributed by atoms with Crippen molar-refractivity contribution in [1.29, 1.82) is 0 Å². The van der Waals surface area contributed by atoms with Crippen LogP contribution in [-0.4, -0.2) is 15.7 Å². The summed E-state index contributed by atoms with van der Waals surface area (Å²) in [6, 6.07) is 0. The zero-order valence-electron chi connectivity index (χ0n) is 6.47. The Morgan fingerprint density at radius 1 is 1.31 bits per heavy atom. The summed E-state index contributed by atoms with van der Waals surface area (Å²) in [6.07, 6.45) is 0. The predicted molar refractivity (Wildman–Crippen MR) is 40.4 cm³/mol. The van der Waals surface area contributed by atoms with E-state index < -0.39 is 21.5 Å². The summed E-state index contributed by atoms with van der Waals surface area (Å²) >= 11 is 0. The molecule has 0 amide bonds. The lowest BCUT2D eigenvalue weighted by Gasteiger charge is -1.93. The van der Waals surface area contributed by atoms with Crippen molar-refractivity contribution in [3.63, 3.8) is 0 Å². The van der Waals surface area contributed by atoms with Gasteiger partial charge in [-0.2, -0.15) is 0 Å². The van der Waals surface area contributed by atoms with E-state index in [2.05, 4.69) is 15.8 Å². The van der Waals surface area contributed by atoms with E-state index in [4.69, 9.17) is 0 Å². The van der Waals surface area contributed by atoms with E-state index in [1.807, 2.05) is 0 Å². The molecule has 0 saturated heterocycles. The van der Waals surface area contributed by atoms with Gasteiger partial charge in [0.15, 0.2) is 0 Å². The van der Waals surface area contributed by atoms with Crippen LogP contribution in [0.2, 0.25) is 0 Å². The van der Waals surface area contributed by atoms with E-state index in [1.165, 1.54) is 6.92 Å². The summed E-state index contributed by atoms with van der Waals surface area (Å²) in [5.41, 5.74) is 4.60. The van der Waals surface area contributed by atoms with Crippen LogP contribution in [0.5, 0.6) is 0 Å². The molecule has 9 heteroatoms. The molecule has 0 aromatic carbocycles. The zero-order chi connectivity index (χ0) is 10.0. The Morgan fingerprint density at radius 2 is 1.85 bits per heavy atom. The molecule has 0 aromatic rings. The first-order chi connectivity index (χ1) is 6.02. The summed E-state index contributed by atoms with van der Waals surface area (Å²) in [7, 11) is 0. The molecular formula is C4H5N5O4. The van der Waals surface area contributed by atoms with Crippen LogP contribution in [0.3, 0.4) is 0 Å². The number of hydrogen-bond donors (Lipinski definition) is 2. The van der Waals surface area contributed by atoms with Crippen molar-refractivity contribution in [2.45, 2.75) is 6.92 Å². The monoisotopic (exact) mass is 187 g/mol. The second-order valence-electron chi connectivity index (χ2n) is 2.13. The Balaban J connectivity index is 3.12. The summed E-state index contributed by atoms with van der Waals surface area (Å²) in [5, 5.41) is 20.4. The second-order valence-corrected chi connectivity index (χ2v) is 2.13.